The van der Waals surface area contributed by atoms with E-state index in [4.69, 9.17) is 15.2 Å². The van der Waals surface area contributed by atoms with E-state index in [2.05, 4.69) is 6.92 Å². The van der Waals surface area contributed by atoms with Gasteiger partial charge in [-0.25, -0.2) is 0 Å². The second-order valence-electron chi connectivity index (χ2n) is 3.89. The van der Waals surface area contributed by atoms with Crippen LogP contribution in [0.3, 0.4) is 0 Å². The van der Waals surface area contributed by atoms with Crippen molar-refractivity contribution in [3.8, 4) is 11.5 Å². The van der Waals surface area contributed by atoms with E-state index in [0.717, 1.165) is 24.3 Å². The van der Waals surface area contributed by atoms with Crippen molar-refractivity contribution in [2.24, 2.45) is 11.7 Å². The van der Waals surface area contributed by atoms with Gasteiger partial charge < -0.3 is 15.2 Å². The lowest BCUT2D eigenvalue weighted by Gasteiger charge is -2.15. The lowest BCUT2D eigenvalue weighted by molar-refractivity contribution is 0.393. The van der Waals surface area contributed by atoms with Crippen LogP contribution in [0.1, 0.15) is 18.9 Å². The molecule has 0 fully saturated rings. The van der Waals surface area contributed by atoms with Crippen LogP contribution in [0.15, 0.2) is 18.2 Å². The van der Waals surface area contributed by atoms with Crippen molar-refractivity contribution in [2.45, 2.75) is 19.8 Å². The molecule has 0 aliphatic heterocycles. The molecule has 0 amide bonds. The summed E-state index contributed by atoms with van der Waals surface area (Å²) in [4.78, 5) is 0. The molecule has 0 bridgehead atoms. The van der Waals surface area contributed by atoms with Gasteiger partial charge in [-0.05, 0) is 42.6 Å². The van der Waals surface area contributed by atoms with Crippen LogP contribution in [0.25, 0.3) is 0 Å². The van der Waals surface area contributed by atoms with Crippen LogP contribution >= 0.6 is 0 Å². The van der Waals surface area contributed by atoms with Crippen LogP contribution in [0.5, 0.6) is 11.5 Å². The van der Waals surface area contributed by atoms with Gasteiger partial charge in [-0.2, -0.15) is 0 Å². The highest BCUT2D eigenvalue weighted by molar-refractivity contribution is 5.40. The van der Waals surface area contributed by atoms with Crippen molar-refractivity contribution in [2.75, 3.05) is 20.8 Å². The topological polar surface area (TPSA) is 44.5 Å². The minimum absolute atomic E-state index is 0.501. The zero-order valence-electron chi connectivity index (χ0n) is 10.3. The molecule has 3 heteroatoms. The Kier molecular flexibility index (Phi) is 5.12. The number of nitrogens with two attached hydrogens (primary N) is 1. The standard InChI is InChI=1S/C13H21NO2/c1-4-10(9-14)7-11-8-12(15-2)5-6-13(11)16-3/h5-6,8,10H,4,7,9,14H2,1-3H3. The molecule has 0 heterocycles. The Labute approximate surface area is 97.6 Å². The summed E-state index contributed by atoms with van der Waals surface area (Å²) in [6, 6.07) is 5.88. The largest absolute Gasteiger partial charge is 0.497 e. The minimum atomic E-state index is 0.501. The fourth-order valence-electron chi connectivity index (χ4n) is 1.75. The molecule has 16 heavy (non-hydrogen) atoms. The van der Waals surface area contributed by atoms with Crippen molar-refractivity contribution in [3.63, 3.8) is 0 Å². The van der Waals surface area contributed by atoms with Gasteiger partial charge in [0.1, 0.15) is 11.5 Å². The predicted molar refractivity (Wildman–Crippen MR) is 66.1 cm³/mol. The monoisotopic (exact) mass is 223 g/mol. The molecule has 0 aromatic heterocycles. The Balaban J connectivity index is 2.90. The second-order valence-corrected chi connectivity index (χ2v) is 3.89. The molecular weight excluding hydrogens is 202 g/mol. The van der Waals surface area contributed by atoms with Gasteiger partial charge in [0.2, 0.25) is 0 Å². The SMILES string of the molecule is CCC(CN)Cc1cc(OC)ccc1OC. The van der Waals surface area contributed by atoms with Gasteiger partial charge in [-0.3, -0.25) is 0 Å². The Morgan fingerprint density at radius 1 is 1.25 bits per heavy atom. The van der Waals surface area contributed by atoms with Gasteiger partial charge in [0.05, 0.1) is 14.2 Å². The quantitative estimate of drug-likeness (QED) is 0.804. The second kappa shape index (κ2) is 6.38. The molecule has 1 aromatic carbocycles. The fourth-order valence-corrected chi connectivity index (χ4v) is 1.75. The van der Waals surface area contributed by atoms with E-state index in [-0.39, 0.29) is 0 Å². The number of hydrogen-bond acceptors (Lipinski definition) is 3. The Morgan fingerprint density at radius 2 is 2.00 bits per heavy atom. The number of hydrogen-bond donors (Lipinski definition) is 1. The summed E-state index contributed by atoms with van der Waals surface area (Å²) in [5.74, 6) is 2.27. The smallest absolute Gasteiger partial charge is 0.122 e. The third kappa shape index (κ3) is 3.14. The van der Waals surface area contributed by atoms with Crippen LogP contribution in [-0.4, -0.2) is 20.8 Å². The van der Waals surface area contributed by atoms with Crippen LogP contribution in [0.2, 0.25) is 0 Å². The van der Waals surface area contributed by atoms with Crippen LogP contribution in [0, 0.1) is 5.92 Å². The van der Waals surface area contributed by atoms with Crippen LogP contribution in [-0.2, 0) is 6.42 Å². The lowest BCUT2D eigenvalue weighted by atomic mass is 9.96. The lowest BCUT2D eigenvalue weighted by Crippen LogP contribution is -2.16. The van der Waals surface area contributed by atoms with E-state index in [0.29, 0.717) is 12.5 Å². The maximum Gasteiger partial charge on any atom is 0.122 e. The van der Waals surface area contributed by atoms with Gasteiger partial charge in [0.15, 0.2) is 0 Å². The number of rotatable bonds is 6. The molecule has 0 spiro atoms. The van der Waals surface area contributed by atoms with Gasteiger partial charge >= 0.3 is 0 Å². The molecule has 90 valence electrons. The first-order valence-corrected chi connectivity index (χ1v) is 5.66. The van der Waals surface area contributed by atoms with Crippen molar-refractivity contribution >= 4 is 0 Å². The number of benzene rings is 1. The van der Waals surface area contributed by atoms with Crippen molar-refractivity contribution in [1.29, 1.82) is 0 Å². The molecule has 1 unspecified atom stereocenters. The first-order valence-electron chi connectivity index (χ1n) is 5.66. The predicted octanol–water partition coefficient (Wildman–Crippen LogP) is 2.23. The van der Waals surface area contributed by atoms with E-state index in [9.17, 15) is 0 Å². The molecule has 2 N–H and O–H groups in total. The molecule has 0 aliphatic rings. The summed E-state index contributed by atoms with van der Waals surface area (Å²) in [7, 11) is 3.36. The third-order valence-corrected chi connectivity index (χ3v) is 2.91. The molecule has 0 saturated carbocycles. The Morgan fingerprint density at radius 3 is 2.50 bits per heavy atom. The van der Waals surface area contributed by atoms with Crippen molar-refractivity contribution < 1.29 is 9.47 Å². The molecule has 3 nitrogen and oxygen atoms in total. The summed E-state index contributed by atoms with van der Waals surface area (Å²) in [6.07, 6.45) is 2.02. The maximum atomic E-state index is 5.72. The van der Waals surface area contributed by atoms with E-state index < -0.39 is 0 Å². The first-order chi connectivity index (χ1) is 7.74. The Hall–Kier alpha value is -1.22. The summed E-state index contributed by atoms with van der Waals surface area (Å²) in [5.41, 5.74) is 6.89. The minimum Gasteiger partial charge on any atom is -0.497 e. The van der Waals surface area contributed by atoms with Crippen molar-refractivity contribution in [3.05, 3.63) is 23.8 Å². The number of methoxy groups -OCH3 is 2. The Bertz CT molecular complexity index is 322. The third-order valence-electron chi connectivity index (χ3n) is 2.91. The van der Waals surface area contributed by atoms with Gasteiger partial charge in [-0.15, -0.1) is 0 Å². The average Bonchev–Trinajstić information content (AvgIpc) is 2.35. The first kappa shape index (κ1) is 12.8. The molecule has 1 rings (SSSR count). The molecular formula is C13H21NO2. The molecule has 1 aromatic rings. The zero-order valence-corrected chi connectivity index (χ0v) is 10.3. The van der Waals surface area contributed by atoms with Crippen LogP contribution < -0.4 is 15.2 Å². The van der Waals surface area contributed by atoms with Crippen LogP contribution in [0.4, 0.5) is 0 Å². The van der Waals surface area contributed by atoms with Gasteiger partial charge in [-0.1, -0.05) is 13.3 Å². The summed E-state index contributed by atoms with van der Waals surface area (Å²) in [5, 5.41) is 0. The van der Waals surface area contributed by atoms with E-state index >= 15 is 0 Å². The summed E-state index contributed by atoms with van der Waals surface area (Å²) < 4.78 is 10.6. The normalized spacial score (nSPS) is 12.2. The highest BCUT2D eigenvalue weighted by atomic mass is 16.5. The van der Waals surface area contributed by atoms with Gasteiger partial charge in [0.25, 0.3) is 0 Å². The number of ether oxygens (including phenoxy) is 2. The van der Waals surface area contributed by atoms with E-state index in [1.165, 1.54) is 5.56 Å². The van der Waals surface area contributed by atoms with E-state index in [1.807, 2.05) is 18.2 Å². The molecule has 1 atom stereocenters. The van der Waals surface area contributed by atoms with Crippen molar-refractivity contribution in [1.82, 2.24) is 0 Å². The highest BCUT2D eigenvalue weighted by Crippen LogP contribution is 2.26. The summed E-state index contributed by atoms with van der Waals surface area (Å²) in [6.45, 7) is 2.86. The average molecular weight is 223 g/mol. The fraction of sp³-hybridized carbons (Fsp3) is 0.538. The van der Waals surface area contributed by atoms with Gasteiger partial charge in [0, 0.05) is 0 Å². The maximum absolute atomic E-state index is 5.72. The zero-order chi connectivity index (χ0) is 12.0. The molecule has 0 saturated heterocycles. The molecule has 0 radical (unpaired) electrons. The summed E-state index contributed by atoms with van der Waals surface area (Å²) >= 11 is 0. The molecule has 0 aliphatic carbocycles. The van der Waals surface area contributed by atoms with E-state index in [1.54, 1.807) is 14.2 Å². The highest BCUT2D eigenvalue weighted by Gasteiger charge is 2.10.